The molecule has 0 aliphatic rings. The molecule has 2 amide bonds. The largest absolute Gasteiger partial charge is 0.452 e. The summed E-state index contributed by atoms with van der Waals surface area (Å²) in [5.74, 6) is -1.51. The van der Waals surface area contributed by atoms with E-state index in [9.17, 15) is 14.4 Å². The first-order chi connectivity index (χ1) is 10.5. The molecule has 6 nitrogen and oxygen atoms in total. The Hall–Kier alpha value is -2.34. The van der Waals surface area contributed by atoms with Crippen molar-refractivity contribution in [2.24, 2.45) is 0 Å². The molecule has 0 atom stereocenters. The van der Waals surface area contributed by atoms with E-state index < -0.39 is 18.5 Å². The molecule has 0 fully saturated rings. The lowest BCUT2D eigenvalue weighted by molar-refractivity contribution is -0.143. The summed E-state index contributed by atoms with van der Waals surface area (Å²) in [5.41, 5.74) is 0.741. The number of hydrogen-bond donors (Lipinski definition) is 2. The highest BCUT2D eigenvalue weighted by atomic mass is 35.5. The van der Waals surface area contributed by atoms with Crippen molar-refractivity contribution in [1.29, 1.82) is 0 Å². The Morgan fingerprint density at radius 2 is 2.00 bits per heavy atom. The highest BCUT2D eigenvalue weighted by molar-refractivity contribution is 6.30. The summed E-state index contributed by atoms with van der Waals surface area (Å²) >= 11 is 5.81. The molecule has 7 heteroatoms. The van der Waals surface area contributed by atoms with Crippen LogP contribution in [0.25, 0.3) is 6.08 Å². The normalized spacial score (nSPS) is 10.3. The van der Waals surface area contributed by atoms with Crippen molar-refractivity contribution in [3.8, 4) is 0 Å². The first-order valence-corrected chi connectivity index (χ1v) is 7.03. The Labute approximate surface area is 133 Å². The number of benzene rings is 1. The summed E-state index contributed by atoms with van der Waals surface area (Å²) in [6, 6.07) is 6.93. The lowest BCUT2D eigenvalue weighted by atomic mass is 10.2. The van der Waals surface area contributed by atoms with Crippen molar-refractivity contribution in [2.75, 3.05) is 19.7 Å². The van der Waals surface area contributed by atoms with E-state index in [4.69, 9.17) is 16.3 Å². The van der Waals surface area contributed by atoms with Crippen LogP contribution in [-0.4, -0.2) is 37.5 Å². The number of carbonyl (C=O) groups excluding carboxylic acids is 3. The highest BCUT2D eigenvalue weighted by Crippen LogP contribution is 2.11. The van der Waals surface area contributed by atoms with Gasteiger partial charge in [-0.2, -0.15) is 0 Å². The van der Waals surface area contributed by atoms with Gasteiger partial charge in [0.15, 0.2) is 6.61 Å². The van der Waals surface area contributed by atoms with Gasteiger partial charge in [-0.1, -0.05) is 23.7 Å². The molecule has 1 aromatic rings. The summed E-state index contributed by atoms with van der Waals surface area (Å²) in [6.07, 6.45) is 2.73. The van der Waals surface area contributed by atoms with E-state index in [0.717, 1.165) is 5.56 Å². The maximum Gasteiger partial charge on any atom is 0.331 e. The van der Waals surface area contributed by atoms with Crippen LogP contribution in [0.3, 0.4) is 0 Å². The van der Waals surface area contributed by atoms with Crippen molar-refractivity contribution in [1.82, 2.24) is 10.6 Å². The lowest BCUT2D eigenvalue weighted by Gasteiger charge is -2.05. The van der Waals surface area contributed by atoms with E-state index in [0.29, 0.717) is 11.6 Å². The van der Waals surface area contributed by atoms with Crippen LogP contribution in [0.2, 0.25) is 5.02 Å². The predicted molar refractivity (Wildman–Crippen MR) is 83.1 cm³/mol. The molecule has 0 saturated carbocycles. The molecule has 0 radical (unpaired) electrons. The number of ether oxygens (including phenoxy) is 1. The summed E-state index contributed by atoms with van der Waals surface area (Å²) in [6.45, 7) is 1.66. The summed E-state index contributed by atoms with van der Waals surface area (Å²) in [7, 11) is 0. The van der Waals surface area contributed by atoms with Gasteiger partial charge in [0.25, 0.3) is 5.91 Å². The third kappa shape index (κ3) is 7.44. The van der Waals surface area contributed by atoms with Gasteiger partial charge in [0, 0.05) is 17.6 Å². The van der Waals surface area contributed by atoms with Crippen molar-refractivity contribution < 1.29 is 19.1 Å². The molecule has 1 rings (SSSR count). The number of likely N-dealkylation sites (N-methyl/N-ethyl adjacent to an activating group) is 1. The van der Waals surface area contributed by atoms with E-state index in [2.05, 4.69) is 10.6 Å². The Morgan fingerprint density at radius 1 is 1.23 bits per heavy atom. The average Bonchev–Trinajstić information content (AvgIpc) is 2.49. The molecule has 0 aromatic heterocycles. The SMILES string of the molecule is CCNC(=O)CNC(=O)COC(=O)/C=C/c1cccc(Cl)c1. The fraction of sp³-hybridized carbons (Fsp3) is 0.267. The van der Waals surface area contributed by atoms with Gasteiger partial charge in [0.05, 0.1) is 6.54 Å². The lowest BCUT2D eigenvalue weighted by Crippen LogP contribution is -2.38. The second-order valence-electron chi connectivity index (χ2n) is 4.23. The van der Waals surface area contributed by atoms with E-state index in [1.165, 1.54) is 12.2 Å². The molecule has 0 aliphatic heterocycles. The summed E-state index contributed by atoms with van der Waals surface area (Å²) < 4.78 is 4.75. The molecule has 0 saturated heterocycles. The number of carbonyl (C=O) groups is 3. The molecule has 1 aromatic carbocycles. The number of amides is 2. The van der Waals surface area contributed by atoms with Crippen LogP contribution in [0.5, 0.6) is 0 Å². The van der Waals surface area contributed by atoms with Gasteiger partial charge in [-0.25, -0.2) is 4.79 Å². The molecular formula is C15H17ClN2O4. The topological polar surface area (TPSA) is 84.5 Å². The summed E-state index contributed by atoms with van der Waals surface area (Å²) in [5, 5.41) is 5.42. The Morgan fingerprint density at radius 3 is 2.68 bits per heavy atom. The number of rotatable bonds is 7. The fourth-order valence-corrected chi connectivity index (χ4v) is 1.65. The van der Waals surface area contributed by atoms with Gasteiger partial charge in [0.2, 0.25) is 5.91 Å². The minimum atomic E-state index is -0.659. The predicted octanol–water partition coefficient (Wildman–Crippen LogP) is 1.15. The van der Waals surface area contributed by atoms with E-state index in [-0.39, 0.29) is 12.5 Å². The van der Waals surface area contributed by atoms with Crippen LogP contribution < -0.4 is 10.6 Å². The highest BCUT2D eigenvalue weighted by Gasteiger charge is 2.06. The standard InChI is InChI=1S/C15H17ClN2O4/c1-2-17-13(19)9-18-14(20)10-22-15(21)7-6-11-4-3-5-12(16)8-11/h3-8H,2,9-10H2,1H3,(H,17,19)(H,18,20)/b7-6+. The fourth-order valence-electron chi connectivity index (χ4n) is 1.45. The van der Waals surface area contributed by atoms with E-state index in [1.807, 2.05) is 0 Å². The number of hydrogen-bond acceptors (Lipinski definition) is 4. The number of esters is 1. The molecule has 0 spiro atoms. The van der Waals surface area contributed by atoms with Gasteiger partial charge in [-0.05, 0) is 30.7 Å². The monoisotopic (exact) mass is 324 g/mol. The maximum atomic E-state index is 11.4. The average molecular weight is 325 g/mol. The molecule has 0 heterocycles. The number of nitrogens with one attached hydrogen (secondary N) is 2. The Bertz CT molecular complexity index is 572. The van der Waals surface area contributed by atoms with E-state index >= 15 is 0 Å². The van der Waals surface area contributed by atoms with Gasteiger partial charge < -0.3 is 15.4 Å². The first-order valence-electron chi connectivity index (χ1n) is 6.65. The Kier molecular flexibility index (Phi) is 7.70. The third-order valence-corrected chi connectivity index (χ3v) is 2.66. The van der Waals surface area contributed by atoms with Gasteiger partial charge >= 0.3 is 5.97 Å². The molecular weight excluding hydrogens is 308 g/mol. The molecule has 0 aliphatic carbocycles. The molecule has 2 N–H and O–H groups in total. The minimum Gasteiger partial charge on any atom is -0.452 e. The van der Waals surface area contributed by atoms with Gasteiger partial charge in [-0.3, -0.25) is 9.59 Å². The number of halogens is 1. The molecule has 22 heavy (non-hydrogen) atoms. The van der Waals surface area contributed by atoms with Crippen molar-refractivity contribution in [2.45, 2.75) is 6.92 Å². The van der Waals surface area contributed by atoms with Crippen molar-refractivity contribution in [3.63, 3.8) is 0 Å². The summed E-state index contributed by atoms with van der Waals surface area (Å²) in [4.78, 5) is 33.9. The van der Waals surface area contributed by atoms with Crippen LogP contribution in [0.1, 0.15) is 12.5 Å². The smallest absolute Gasteiger partial charge is 0.331 e. The van der Waals surface area contributed by atoms with Crippen molar-refractivity contribution in [3.05, 3.63) is 40.9 Å². The minimum absolute atomic E-state index is 0.150. The van der Waals surface area contributed by atoms with Gasteiger partial charge in [-0.15, -0.1) is 0 Å². The maximum absolute atomic E-state index is 11.4. The van der Waals surface area contributed by atoms with Crippen molar-refractivity contribution >= 4 is 35.5 Å². The van der Waals surface area contributed by atoms with E-state index in [1.54, 1.807) is 31.2 Å². The molecule has 118 valence electrons. The zero-order valence-electron chi connectivity index (χ0n) is 12.1. The quantitative estimate of drug-likeness (QED) is 0.582. The second-order valence-corrected chi connectivity index (χ2v) is 4.66. The van der Waals surface area contributed by atoms with Crippen LogP contribution in [0, 0.1) is 0 Å². The van der Waals surface area contributed by atoms with Gasteiger partial charge in [0.1, 0.15) is 0 Å². The Balaban J connectivity index is 2.30. The van der Waals surface area contributed by atoms with Crippen LogP contribution in [-0.2, 0) is 19.1 Å². The first kappa shape index (κ1) is 17.7. The molecule has 0 bridgehead atoms. The van der Waals surface area contributed by atoms with Crippen LogP contribution in [0.4, 0.5) is 0 Å². The van der Waals surface area contributed by atoms with Crippen LogP contribution in [0.15, 0.2) is 30.3 Å². The zero-order valence-corrected chi connectivity index (χ0v) is 12.9. The second kappa shape index (κ2) is 9.57. The zero-order chi connectivity index (χ0) is 16.4. The molecule has 0 unspecified atom stereocenters. The third-order valence-electron chi connectivity index (χ3n) is 2.43. The van der Waals surface area contributed by atoms with Crippen LogP contribution >= 0.6 is 11.6 Å².